The Morgan fingerprint density at radius 3 is 2.79 bits per heavy atom. The normalized spacial score (nSPS) is 10.6. The van der Waals surface area contributed by atoms with E-state index in [0.717, 1.165) is 4.47 Å². The first-order chi connectivity index (χ1) is 6.59. The molecule has 1 aromatic heterocycles. The summed E-state index contributed by atoms with van der Waals surface area (Å²) < 4.78 is 5.72. The first-order valence-electron chi connectivity index (χ1n) is 3.74. The number of furan rings is 1. The largest absolute Gasteiger partial charge is 0.504 e. The molecule has 0 spiro atoms. The first kappa shape index (κ1) is 9.08. The molecule has 0 radical (unpaired) electrons. The number of halogens is 1. The zero-order valence-electron chi connectivity index (χ0n) is 6.82. The highest BCUT2D eigenvalue weighted by atomic mass is 79.9. The van der Waals surface area contributed by atoms with Crippen molar-refractivity contribution < 1.29 is 19.4 Å². The second-order valence-electron chi connectivity index (χ2n) is 2.73. The number of aromatic hydroxyl groups is 1. The molecule has 1 heterocycles. The Morgan fingerprint density at radius 2 is 2.14 bits per heavy atom. The fraction of sp³-hybridized carbons (Fsp3) is 0. The van der Waals surface area contributed by atoms with E-state index in [0.29, 0.717) is 11.0 Å². The lowest BCUT2D eigenvalue weighted by molar-refractivity contribution is 0.0660. The summed E-state index contributed by atoms with van der Waals surface area (Å²) in [5, 5.41) is 18.5. The van der Waals surface area contributed by atoms with Crippen LogP contribution < -0.4 is 0 Å². The molecular formula is C9H5BrO4. The minimum Gasteiger partial charge on any atom is -0.504 e. The maximum atomic E-state index is 10.6. The number of carbonyl (C=O) groups is 1. The van der Waals surface area contributed by atoms with E-state index >= 15 is 0 Å². The molecule has 0 unspecified atom stereocenters. The number of fused-ring (bicyclic) bond motifs is 1. The molecule has 0 saturated heterocycles. The summed E-state index contributed by atoms with van der Waals surface area (Å²) in [6, 6.07) is 4.88. The molecule has 0 amide bonds. The van der Waals surface area contributed by atoms with Crippen LogP contribution in [0.25, 0.3) is 11.0 Å². The van der Waals surface area contributed by atoms with E-state index < -0.39 is 11.7 Å². The van der Waals surface area contributed by atoms with Gasteiger partial charge in [-0.1, -0.05) is 15.9 Å². The van der Waals surface area contributed by atoms with E-state index in [2.05, 4.69) is 15.9 Å². The van der Waals surface area contributed by atoms with Gasteiger partial charge in [-0.05, 0) is 18.2 Å². The smallest absolute Gasteiger partial charge is 0.375 e. The highest BCUT2D eigenvalue weighted by molar-refractivity contribution is 9.10. The molecule has 0 aliphatic rings. The van der Waals surface area contributed by atoms with Gasteiger partial charge in [-0.15, -0.1) is 0 Å². The number of hydrogen-bond acceptors (Lipinski definition) is 3. The van der Waals surface area contributed by atoms with Crippen LogP contribution in [-0.2, 0) is 0 Å². The van der Waals surface area contributed by atoms with Gasteiger partial charge in [0.25, 0.3) is 5.76 Å². The lowest BCUT2D eigenvalue weighted by Gasteiger charge is -1.88. The van der Waals surface area contributed by atoms with E-state index in [4.69, 9.17) is 9.52 Å². The minimum absolute atomic E-state index is 0.333. The predicted molar refractivity (Wildman–Crippen MR) is 52.5 cm³/mol. The summed E-state index contributed by atoms with van der Waals surface area (Å²) in [6.07, 6.45) is 0. The van der Waals surface area contributed by atoms with Crippen molar-refractivity contribution in [2.24, 2.45) is 0 Å². The molecule has 0 bridgehead atoms. The first-order valence-corrected chi connectivity index (χ1v) is 4.53. The molecule has 72 valence electrons. The highest BCUT2D eigenvalue weighted by Gasteiger charge is 2.18. The summed E-state index contributed by atoms with van der Waals surface area (Å²) in [4.78, 5) is 10.6. The summed E-state index contributed by atoms with van der Waals surface area (Å²) in [5.74, 6) is -2.05. The van der Waals surface area contributed by atoms with Gasteiger partial charge in [0.1, 0.15) is 5.58 Å². The maximum absolute atomic E-state index is 10.6. The number of carboxylic acid groups (broad SMARTS) is 1. The van der Waals surface area contributed by atoms with Crippen LogP contribution in [0.2, 0.25) is 0 Å². The summed E-state index contributed by atoms with van der Waals surface area (Å²) in [7, 11) is 0. The number of carboxylic acids is 1. The van der Waals surface area contributed by atoms with Crippen molar-refractivity contribution in [1.82, 2.24) is 0 Å². The molecule has 4 nitrogen and oxygen atoms in total. The Balaban J connectivity index is 2.79. The maximum Gasteiger partial charge on any atom is 0.375 e. The van der Waals surface area contributed by atoms with Crippen LogP contribution in [0.3, 0.4) is 0 Å². The quantitative estimate of drug-likeness (QED) is 0.823. The van der Waals surface area contributed by atoms with E-state index in [1.807, 2.05) is 0 Å². The van der Waals surface area contributed by atoms with E-state index in [-0.39, 0.29) is 5.75 Å². The van der Waals surface area contributed by atoms with Crippen LogP contribution in [0.15, 0.2) is 27.1 Å². The SMILES string of the molecule is O=C(O)c1oc2cc(Br)ccc2c1O. The molecule has 2 rings (SSSR count). The van der Waals surface area contributed by atoms with Gasteiger partial charge in [0.05, 0.1) is 5.39 Å². The standard InChI is InChI=1S/C9H5BrO4/c10-4-1-2-5-6(3-4)14-8(7(5)11)9(12)13/h1-3,11H,(H,12,13). The van der Waals surface area contributed by atoms with Gasteiger partial charge < -0.3 is 14.6 Å². The second kappa shape index (κ2) is 3.02. The molecule has 5 heteroatoms. The summed E-state index contributed by atoms with van der Waals surface area (Å²) >= 11 is 3.21. The van der Waals surface area contributed by atoms with E-state index in [9.17, 15) is 9.90 Å². The summed E-state index contributed by atoms with van der Waals surface area (Å²) in [5.41, 5.74) is 0.342. The molecule has 0 aliphatic carbocycles. The zero-order chi connectivity index (χ0) is 10.3. The Labute approximate surface area is 86.9 Å². The van der Waals surface area contributed by atoms with Crippen LogP contribution in [0, 0.1) is 0 Å². The van der Waals surface area contributed by atoms with E-state index in [1.54, 1.807) is 18.2 Å². The number of aromatic carboxylic acids is 1. The Hall–Kier alpha value is -1.49. The fourth-order valence-electron chi connectivity index (χ4n) is 1.20. The fourth-order valence-corrected chi connectivity index (χ4v) is 1.54. The molecule has 2 N–H and O–H groups in total. The van der Waals surface area contributed by atoms with Crippen LogP contribution in [0.4, 0.5) is 0 Å². The Morgan fingerprint density at radius 1 is 1.43 bits per heavy atom. The molecule has 0 atom stereocenters. The van der Waals surface area contributed by atoms with Crippen molar-refractivity contribution in [3.63, 3.8) is 0 Å². The van der Waals surface area contributed by atoms with Gasteiger partial charge in [0.15, 0.2) is 5.75 Å². The average molecular weight is 257 g/mol. The molecule has 1 aromatic carbocycles. The molecule has 0 saturated carbocycles. The zero-order valence-corrected chi connectivity index (χ0v) is 8.41. The highest BCUT2D eigenvalue weighted by Crippen LogP contribution is 2.33. The molecule has 2 aromatic rings. The third-order valence-corrected chi connectivity index (χ3v) is 2.31. The van der Waals surface area contributed by atoms with Crippen LogP contribution >= 0.6 is 15.9 Å². The number of benzene rings is 1. The van der Waals surface area contributed by atoms with Gasteiger partial charge in [-0.3, -0.25) is 0 Å². The number of rotatable bonds is 1. The monoisotopic (exact) mass is 256 g/mol. The van der Waals surface area contributed by atoms with Crippen molar-refractivity contribution in [2.45, 2.75) is 0 Å². The second-order valence-corrected chi connectivity index (χ2v) is 3.64. The Kier molecular flexibility index (Phi) is 1.96. The van der Waals surface area contributed by atoms with Crippen LogP contribution in [-0.4, -0.2) is 16.2 Å². The van der Waals surface area contributed by atoms with Crippen molar-refractivity contribution in [3.05, 3.63) is 28.4 Å². The average Bonchev–Trinajstić information content (AvgIpc) is 2.43. The third kappa shape index (κ3) is 1.26. The van der Waals surface area contributed by atoms with Gasteiger partial charge in [-0.2, -0.15) is 0 Å². The topological polar surface area (TPSA) is 70.7 Å². The predicted octanol–water partition coefficient (Wildman–Crippen LogP) is 2.60. The molecular weight excluding hydrogens is 252 g/mol. The van der Waals surface area contributed by atoms with Crippen LogP contribution in [0.5, 0.6) is 5.75 Å². The number of hydrogen-bond donors (Lipinski definition) is 2. The van der Waals surface area contributed by atoms with Gasteiger partial charge in [-0.25, -0.2) is 4.79 Å². The van der Waals surface area contributed by atoms with E-state index in [1.165, 1.54) is 0 Å². The lowest BCUT2D eigenvalue weighted by atomic mass is 10.2. The van der Waals surface area contributed by atoms with Gasteiger partial charge in [0.2, 0.25) is 0 Å². The minimum atomic E-state index is -1.28. The summed E-state index contributed by atoms with van der Waals surface area (Å²) in [6.45, 7) is 0. The van der Waals surface area contributed by atoms with Crippen molar-refractivity contribution in [2.75, 3.05) is 0 Å². The van der Waals surface area contributed by atoms with Crippen molar-refractivity contribution in [3.8, 4) is 5.75 Å². The van der Waals surface area contributed by atoms with Gasteiger partial charge in [0, 0.05) is 4.47 Å². The van der Waals surface area contributed by atoms with Crippen molar-refractivity contribution in [1.29, 1.82) is 0 Å². The van der Waals surface area contributed by atoms with Gasteiger partial charge >= 0.3 is 5.97 Å². The Bertz CT molecular complexity index is 515. The molecule has 0 aliphatic heterocycles. The lowest BCUT2D eigenvalue weighted by Crippen LogP contribution is -1.92. The van der Waals surface area contributed by atoms with Crippen molar-refractivity contribution >= 4 is 32.9 Å². The molecule has 0 fully saturated rings. The molecule has 14 heavy (non-hydrogen) atoms. The third-order valence-electron chi connectivity index (χ3n) is 1.82. The van der Waals surface area contributed by atoms with Crippen LogP contribution in [0.1, 0.15) is 10.6 Å².